The van der Waals surface area contributed by atoms with Gasteiger partial charge in [-0.1, -0.05) is 41.4 Å². The average molecular weight is 262 g/mol. The number of halogens is 1. The maximum absolute atomic E-state index is 11.8. The number of amides is 1. The van der Waals surface area contributed by atoms with Crippen molar-refractivity contribution in [3.05, 3.63) is 52.9 Å². The summed E-state index contributed by atoms with van der Waals surface area (Å²) >= 11 is 5.80. The van der Waals surface area contributed by atoms with E-state index in [1.807, 2.05) is 31.2 Å². The molecule has 0 aliphatic heterocycles. The van der Waals surface area contributed by atoms with Gasteiger partial charge in [0.05, 0.1) is 6.42 Å². The van der Waals surface area contributed by atoms with Crippen LogP contribution in [0.15, 0.2) is 36.7 Å². The number of carbonyl (C=O) groups excluding carboxylic acids is 1. The number of anilines is 1. The van der Waals surface area contributed by atoms with Crippen molar-refractivity contribution in [3.63, 3.8) is 0 Å². The number of carbonyl (C=O) groups is 1. The van der Waals surface area contributed by atoms with Crippen LogP contribution in [0.4, 0.5) is 5.82 Å². The number of aryl methyl sites for hydroxylation is 1. The second kappa shape index (κ2) is 5.60. The van der Waals surface area contributed by atoms with Crippen LogP contribution in [0.25, 0.3) is 0 Å². The summed E-state index contributed by atoms with van der Waals surface area (Å²) in [4.78, 5) is 19.6. The fourth-order valence-corrected chi connectivity index (χ4v) is 1.62. The second-order valence-electron chi connectivity index (χ2n) is 3.91. The Labute approximate surface area is 110 Å². The summed E-state index contributed by atoms with van der Waals surface area (Å²) < 4.78 is 0. The average Bonchev–Trinajstić information content (AvgIpc) is 2.35. The van der Waals surface area contributed by atoms with Gasteiger partial charge in [-0.2, -0.15) is 0 Å². The minimum Gasteiger partial charge on any atom is -0.308 e. The van der Waals surface area contributed by atoms with Gasteiger partial charge >= 0.3 is 0 Å². The number of nitrogens with zero attached hydrogens (tertiary/aromatic N) is 2. The highest BCUT2D eigenvalue weighted by atomic mass is 35.5. The molecular weight excluding hydrogens is 250 g/mol. The zero-order chi connectivity index (χ0) is 13.0. The van der Waals surface area contributed by atoms with E-state index in [-0.39, 0.29) is 23.3 Å². The molecule has 4 nitrogen and oxygen atoms in total. The van der Waals surface area contributed by atoms with E-state index in [1.165, 1.54) is 12.4 Å². The molecule has 0 aliphatic carbocycles. The number of hydrogen-bond donors (Lipinski definition) is 1. The van der Waals surface area contributed by atoms with E-state index in [0.29, 0.717) is 0 Å². The van der Waals surface area contributed by atoms with Crippen LogP contribution in [0.2, 0.25) is 5.15 Å². The van der Waals surface area contributed by atoms with Gasteiger partial charge in [-0.25, -0.2) is 9.97 Å². The molecule has 1 heterocycles. The van der Waals surface area contributed by atoms with Crippen LogP contribution in [0.5, 0.6) is 0 Å². The monoisotopic (exact) mass is 261 g/mol. The van der Waals surface area contributed by atoms with E-state index in [4.69, 9.17) is 11.6 Å². The summed E-state index contributed by atoms with van der Waals surface area (Å²) in [7, 11) is 0. The molecule has 0 fully saturated rings. The van der Waals surface area contributed by atoms with Crippen LogP contribution in [-0.4, -0.2) is 15.9 Å². The van der Waals surface area contributed by atoms with Crippen LogP contribution in [0.3, 0.4) is 0 Å². The quantitative estimate of drug-likeness (QED) is 0.924. The zero-order valence-corrected chi connectivity index (χ0v) is 10.6. The largest absolute Gasteiger partial charge is 0.308 e. The van der Waals surface area contributed by atoms with Gasteiger partial charge in [0.2, 0.25) is 5.91 Å². The summed E-state index contributed by atoms with van der Waals surface area (Å²) in [5.74, 6) is 0.123. The van der Waals surface area contributed by atoms with Crippen LogP contribution >= 0.6 is 11.6 Å². The lowest BCUT2D eigenvalue weighted by molar-refractivity contribution is -0.115. The van der Waals surface area contributed by atoms with E-state index in [2.05, 4.69) is 15.3 Å². The lowest BCUT2D eigenvalue weighted by atomic mass is 10.1. The Balaban J connectivity index is 2.01. The van der Waals surface area contributed by atoms with E-state index in [0.717, 1.165) is 11.1 Å². The second-order valence-corrected chi connectivity index (χ2v) is 4.26. The first-order valence-electron chi connectivity index (χ1n) is 5.47. The maximum Gasteiger partial charge on any atom is 0.230 e. The van der Waals surface area contributed by atoms with Crippen LogP contribution < -0.4 is 5.32 Å². The van der Waals surface area contributed by atoms with Crippen molar-refractivity contribution in [2.24, 2.45) is 0 Å². The van der Waals surface area contributed by atoms with Crippen LogP contribution in [0, 0.1) is 6.92 Å². The molecule has 0 atom stereocenters. The first-order chi connectivity index (χ1) is 8.65. The van der Waals surface area contributed by atoms with Crippen molar-refractivity contribution in [1.29, 1.82) is 0 Å². The van der Waals surface area contributed by atoms with Gasteiger partial charge < -0.3 is 5.32 Å². The lowest BCUT2D eigenvalue weighted by Gasteiger charge is -2.05. The molecule has 0 radical (unpaired) electrons. The van der Waals surface area contributed by atoms with E-state index in [1.54, 1.807) is 0 Å². The SMILES string of the molecule is Cc1ccc(CC(=O)Nc2nccnc2Cl)cc1. The summed E-state index contributed by atoms with van der Waals surface area (Å²) in [5, 5.41) is 2.82. The first kappa shape index (κ1) is 12.5. The molecule has 0 bridgehead atoms. The van der Waals surface area contributed by atoms with Gasteiger partial charge in [-0.15, -0.1) is 0 Å². The van der Waals surface area contributed by atoms with Crippen LogP contribution in [0.1, 0.15) is 11.1 Å². The fraction of sp³-hybridized carbons (Fsp3) is 0.154. The predicted molar refractivity (Wildman–Crippen MR) is 70.6 cm³/mol. The summed E-state index contributed by atoms with van der Waals surface area (Å²) in [6.07, 6.45) is 3.23. The number of benzene rings is 1. The molecule has 2 rings (SSSR count). The van der Waals surface area contributed by atoms with Crippen molar-refractivity contribution < 1.29 is 4.79 Å². The van der Waals surface area contributed by atoms with Crippen molar-refractivity contribution in [3.8, 4) is 0 Å². The van der Waals surface area contributed by atoms with E-state index >= 15 is 0 Å². The normalized spacial score (nSPS) is 10.1. The third kappa shape index (κ3) is 3.28. The topological polar surface area (TPSA) is 54.9 Å². The maximum atomic E-state index is 11.8. The first-order valence-corrected chi connectivity index (χ1v) is 5.85. The van der Waals surface area contributed by atoms with Gasteiger partial charge in [0.15, 0.2) is 11.0 Å². The highest BCUT2D eigenvalue weighted by molar-refractivity contribution is 6.32. The number of rotatable bonds is 3. The molecule has 1 aromatic heterocycles. The highest BCUT2D eigenvalue weighted by Gasteiger charge is 2.08. The minimum atomic E-state index is -0.166. The Morgan fingerprint density at radius 1 is 1.22 bits per heavy atom. The van der Waals surface area contributed by atoms with Crippen molar-refractivity contribution in [2.75, 3.05) is 5.32 Å². The molecule has 0 unspecified atom stereocenters. The summed E-state index contributed by atoms with van der Waals surface area (Å²) in [5.41, 5.74) is 2.11. The van der Waals surface area contributed by atoms with E-state index in [9.17, 15) is 4.79 Å². The smallest absolute Gasteiger partial charge is 0.230 e. The number of aromatic nitrogens is 2. The molecule has 0 saturated heterocycles. The van der Waals surface area contributed by atoms with Gasteiger partial charge in [0, 0.05) is 12.4 Å². The molecule has 0 spiro atoms. The minimum absolute atomic E-state index is 0.166. The lowest BCUT2D eigenvalue weighted by Crippen LogP contribution is -2.15. The Morgan fingerprint density at radius 2 is 1.89 bits per heavy atom. The van der Waals surface area contributed by atoms with Crippen LogP contribution in [-0.2, 0) is 11.2 Å². The summed E-state index contributed by atoms with van der Waals surface area (Å²) in [6.45, 7) is 2.00. The zero-order valence-electron chi connectivity index (χ0n) is 9.85. The molecule has 0 saturated carbocycles. The van der Waals surface area contributed by atoms with Gasteiger partial charge in [-0.05, 0) is 12.5 Å². The molecule has 18 heavy (non-hydrogen) atoms. The summed E-state index contributed by atoms with van der Waals surface area (Å²) in [6, 6.07) is 7.79. The Morgan fingerprint density at radius 3 is 2.56 bits per heavy atom. The number of hydrogen-bond acceptors (Lipinski definition) is 3. The van der Waals surface area contributed by atoms with E-state index < -0.39 is 0 Å². The molecular formula is C13H12ClN3O. The standard InChI is InChI=1S/C13H12ClN3O/c1-9-2-4-10(5-3-9)8-11(18)17-13-12(14)15-6-7-16-13/h2-7H,8H2,1H3,(H,16,17,18). The van der Waals surface area contributed by atoms with Crippen molar-refractivity contribution in [1.82, 2.24) is 9.97 Å². The molecule has 2 aromatic rings. The molecule has 5 heteroatoms. The molecule has 0 aliphatic rings. The third-order valence-corrected chi connectivity index (χ3v) is 2.67. The fourth-order valence-electron chi connectivity index (χ4n) is 1.47. The Hall–Kier alpha value is -1.94. The highest BCUT2D eigenvalue weighted by Crippen LogP contribution is 2.14. The number of nitrogens with one attached hydrogen (secondary N) is 1. The van der Waals surface area contributed by atoms with Crippen molar-refractivity contribution >= 4 is 23.3 Å². The molecule has 1 amide bonds. The van der Waals surface area contributed by atoms with Gasteiger partial charge in [-0.3, -0.25) is 4.79 Å². The Bertz CT molecular complexity index is 554. The van der Waals surface area contributed by atoms with Crippen molar-refractivity contribution in [2.45, 2.75) is 13.3 Å². The Kier molecular flexibility index (Phi) is 3.89. The molecule has 92 valence electrons. The van der Waals surface area contributed by atoms with Gasteiger partial charge in [0.1, 0.15) is 0 Å². The predicted octanol–water partition coefficient (Wildman–Crippen LogP) is 2.62. The molecule has 1 aromatic carbocycles. The third-order valence-electron chi connectivity index (χ3n) is 2.40. The van der Waals surface area contributed by atoms with Gasteiger partial charge in [0.25, 0.3) is 0 Å². The molecule has 1 N–H and O–H groups in total.